The van der Waals surface area contributed by atoms with Gasteiger partial charge in [-0.1, -0.05) is 37.4 Å². The molecular formula is C20H21ClN2O6. The van der Waals surface area contributed by atoms with E-state index in [1.165, 1.54) is 25.3 Å². The Morgan fingerprint density at radius 1 is 1.52 bits per heavy atom. The van der Waals surface area contributed by atoms with Gasteiger partial charge >= 0.3 is 5.76 Å². The van der Waals surface area contributed by atoms with E-state index in [1.807, 2.05) is 6.92 Å². The summed E-state index contributed by atoms with van der Waals surface area (Å²) in [6.07, 6.45) is 3.71. The van der Waals surface area contributed by atoms with Gasteiger partial charge in [-0.05, 0) is 24.6 Å². The number of aryl methyl sites for hydroxylation is 1. The number of nitrogens with one attached hydrogen (secondary N) is 1. The number of unbranched alkanes of at least 4 members (excludes halogenated alkanes) is 1. The summed E-state index contributed by atoms with van der Waals surface area (Å²) >= 11 is 5.99. The minimum atomic E-state index is -1.61. The fourth-order valence-electron chi connectivity index (χ4n) is 2.45. The monoisotopic (exact) mass is 420 g/mol. The molecule has 1 heterocycles. The van der Waals surface area contributed by atoms with Crippen molar-refractivity contribution in [1.29, 1.82) is 0 Å². The van der Waals surface area contributed by atoms with Crippen LogP contribution in [-0.2, 0) is 16.0 Å². The number of hydrogen-bond acceptors (Lipinski definition) is 6. The molecule has 1 aromatic carbocycles. The average molecular weight is 421 g/mol. The number of benzene rings is 1. The number of anilines is 1. The normalized spacial score (nSPS) is 11.1. The second kappa shape index (κ2) is 10.3. The van der Waals surface area contributed by atoms with E-state index in [2.05, 4.69) is 23.9 Å². The van der Waals surface area contributed by atoms with Gasteiger partial charge in [0, 0.05) is 18.4 Å². The van der Waals surface area contributed by atoms with Crippen LogP contribution in [0.25, 0.3) is 0 Å². The lowest BCUT2D eigenvalue weighted by molar-refractivity contribution is -0.128. The van der Waals surface area contributed by atoms with E-state index in [0.717, 1.165) is 6.42 Å². The molecule has 29 heavy (non-hydrogen) atoms. The van der Waals surface area contributed by atoms with Gasteiger partial charge in [0.1, 0.15) is 11.9 Å². The summed E-state index contributed by atoms with van der Waals surface area (Å²) in [6.45, 7) is 6.92. The molecule has 154 valence electrons. The van der Waals surface area contributed by atoms with Gasteiger partial charge in [0.2, 0.25) is 5.88 Å². The molecule has 0 bridgehead atoms. The second-order valence-corrected chi connectivity index (χ2v) is 6.26. The number of aromatic nitrogens is 1. The molecular weight excluding hydrogens is 400 g/mol. The van der Waals surface area contributed by atoms with Crippen molar-refractivity contribution in [2.45, 2.75) is 39.3 Å². The molecule has 1 amide bonds. The van der Waals surface area contributed by atoms with Crippen molar-refractivity contribution in [2.24, 2.45) is 0 Å². The summed E-state index contributed by atoms with van der Waals surface area (Å²) < 4.78 is 16.2. The van der Waals surface area contributed by atoms with Gasteiger partial charge in [0.15, 0.2) is 5.76 Å². The first kappa shape index (κ1) is 22.0. The summed E-state index contributed by atoms with van der Waals surface area (Å²) in [5, 5.41) is 13.3. The molecule has 2 N–H and O–H groups in total. The SMILES string of the molecule is C=COc1ccc(Cl)cc1NC(=O)C(OC#CC)n1c(O)c(CCCC)oc1=O. The predicted molar refractivity (Wildman–Crippen MR) is 108 cm³/mol. The van der Waals surface area contributed by atoms with Crippen LogP contribution in [-0.4, -0.2) is 15.6 Å². The highest BCUT2D eigenvalue weighted by atomic mass is 35.5. The number of ether oxygens (including phenoxy) is 2. The number of nitrogens with zero attached hydrogens (tertiary/aromatic N) is 1. The van der Waals surface area contributed by atoms with Crippen LogP contribution in [0.15, 0.2) is 40.3 Å². The summed E-state index contributed by atoms with van der Waals surface area (Å²) in [7, 11) is 0. The van der Waals surface area contributed by atoms with Crippen molar-refractivity contribution in [3.05, 3.63) is 52.4 Å². The number of oxazole rings is 1. The van der Waals surface area contributed by atoms with Crippen LogP contribution in [0.5, 0.6) is 11.6 Å². The van der Waals surface area contributed by atoms with E-state index in [1.54, 1.807) is 6.07 Å². The van der Waals surface area contributed by atoms with Gasteiger partial charge in [-0.2, -0.15) is 4.57 Å². The maximum Gasteiger partial charge on any atom is 0.425 e. The number of rotatable bonds is 9. The van der Waals surface area contributed by atoms with Crippen molar-refractivity contribution >= 4 is 23.2 Å². The molecule has 0 fully saturated rings. The highest BCUT2D eigenvalue weighted by molar-refractivity contribution is 6.31. The predicted octanol–water partition coefficient (Wildman–Crippen LogP) is 3.80. The molecule has 8 nitrogen and oxygen atoms in total. The molecule has 1 aromatic heterocycles. The Labute approximate surface area is 172 Å². The molecule has 9 heteroatoms. The first-order chi connectivity index (χ1) is 13.9. The Kier molecular flexibility index (Phi) is 7.80. The van der Waals surface area contributed by atoms with Gasteiger partial charge in [0.05, 0.1) is 11.9 Å². The molecule has 2 rings (SSSR count). The summed E-state index contributed by atoms with van der Waals surface area (Å²) in [5.74, 6) is 0.572. The van der Waals surface area contributed by atoms with Gasteiger partial charge in [-0.3, -0.25) is 4.79 Å². The molecule has 1 unspecified atom stereocenters. The molecule has 0 saturated carbocycles. The number of carbonyl (C=O) groups is 1. The van der Waals surface area contributed by atoms with Crippen LogP contribution in [0.3, 0.4) is 0 Å². The highest BCUT2D eigenvalue weighted by Gasteiger charge is 2.30. The number of amides is 1. The number of halogens is 1. The third kappa shape index (κ3) is 5.36. The van der Waals surface area contributed by atoms with Crippen LogP contribution in [0.1, 0.15) is 38.7 Å². The Hall–Kier alpha value is -3.31. The lowest BCUT2D eigenvalue weighted by atomic mass is 10.2. The number of aromatic hydroxyl groups is 1. The minimum Gasteiger partial charge on any atom is -0.492 e. The Bertz CT molecular complexity index is 999. The summed E-state index contributed by atoms with van der Waals surface area (Å²) in [5.41, 5.74) is 0.211. The molecule has 2 aromatic rings. The zero-order valence-corrected chi connectivity index (χ0v) is 16.8. The molecule has 0 radical (unpaired) electrons. The van der Waals surface area contributed by atoms with Crippen LogP contribution in [0, 0.1) is 12.0 Å². The van der Waals surface area contributed by atoms with Crippen LogP contribution in [0.2, 0.25) is 5.02 Å². The molecule has 1 atom stereocenters. The van der Waals surface area contributed by atoms with E-state index in [4.69, 9.17) is 25.5 Å². The molecule has 0 saturated heterocycles. The number of carbonyl (C=O) groups excluding carboxylic acids is 1. The van der Waals surface area contributed by atoms with E-state index < -0.39 is 23.8 Å². The van der Waals surface area contributed by atoms with Gasteiger partial charge in [-0.15, -0.1) is 0 Å². The molecule has 0 aliphatic carbocycles. The van der Waals surface area contributed by atoms with Crippen LogP contribution < -0.4 is 15.8 Å². The first-order valence-electron chi connectivity index (χ1n) is 8.81. The largest absolute Gasteiger partial charge is 0.492 e. The quantitative estimate of drug-likeness (QED) is 0.472. The zero-order chi connectivity index (χ0) is 21.4. The third-order valence-corrected chi connectivity index (χ3v) is 4.02. The van der Waals surface area contributed by atoms with Crippen LogP contribution in [0.4, 0.5) is 5.69 Å². The van der Waals surface area contributed by atoms with E-state index >= 15 is 0 Å². The average Bonchev–Trinajstić information content (AvgIpc) is 2.96. The summed E-state index contributed by atoms with van der Waals surface area (Å²) in [4.78, 5) is 25.2. The fraction of sp³-hybridized carbons (Fsp3) is 0.300. The third-order valence-electron chi connectivity index (χ3n) is 3.78. The first-order valence-corrected chi connectivity index (χ1v) is 9.19. The van der Waals surface area contributed by atoms with Gasteiger partial charge in [0.25, 0.3) is 12.1 Å². The number of hydrogen-bond donors (Lipinski definition) is 2. The molecule has 0 spiro atoms. The molecule has 0 aliphatic heterocycles. The van der Waals surface area contributed by atoms with Crippen molar-refractivity contribution in [3.63, 3.8) is 0 Å². The smallest absolute Gasteiger partial charge is 0.425 e. The second-order valence-electron chi connectivity index (χ2n) is 5.82. The maximum atomic E-state index is 12.9. The molecule has 0 aliphatic rings. The standard InChI is InChI=1S/C20H21ClN2O6/c1-4-7-8-16-18(25)23(20(26)29-16)19(28-11-5-2)17(24)22-14-12-13(21)9-10-15(14)27-6-3/h6,9-10,12,19,25H,3-4,7-8H2,1-2H3,(H,22,24). The summed E-state index contributed by atoms with van der Waals surface area (Å²) in [6, 6.07) is 4.55. The van der Waals surface area contributed by atoms with E-state index in [9.17, 15) is 14.7 Å². The van der Waals surface area contributed by atoms with Gasteiger partial charge in [-0.25, -0.2) is 4.79 Å². The Morgan fingerprint density at radius 2 is 2.28 bits per heavy atom. The van der Waals surface area contributed by atoms with Gasteiger partial charge < -0.3 is 24.3 Å². The minimum absolute atomic E-state index is 0.0705. The zero-order valence-electron chi connectivity index (χ0n) is 16.0. The van der Waals surface area contributed by atoms with E-state index in [0.29, 0.717) is 22.4 Å². The Morgan fingerprint density at radius 3 is 2.93 bits per heavy atom. The van der Waals surface area contributed by atoms with Crippen molar-refractivity contribution in [3.8, 4) is 23.7 Å². The fourth-order valence-corrected chi connectivity index (χ4v) is 2.63. The topological polar surface area (TPSA) is 103 Å². The lowest BCUT2D eigenvalue weighted by Crippen LogP contribution is -2.32. The Balaban J connectivity index is 2.41. The lowest BCUT2D eigenvalue weighted by Gasteiger charge is -2.17. The van der Waals surface area contributed by atoms with Crippen molar-refractivity contribution in [2.75, 3.05) is 5.32 Å². The highest BCUT2D eigenvalue weighted by Crippen LogP contribution is 2.30. The van der Waals surface area contributed by atoms with Crippen molar-refractivity contribution < 1.29 is 23.8 Å². The van der Waals surface area contributed by atoms with Crippen molar-refractivity contribution in [1.82, 2.24) is 4.57 Å². The maximum absolute atomic E-state index is 12.9. The van der Waals surface area contributed by atoms with E-state index in [-0.39, 0.29) is 17.2 Å². The van der Waals surface area contributed by atoms with Crippen LogP contribution >= 0.6 is 11.6 Å².